The van der Waals surface area contributed by atoms with Crippen LogP contribution in [0.1, 0.15) is 25.0 Å². The van der Waals surface area contributed by atoms with Gasteiger partial charge in [0.2, 0.25) is 5.91 Å². The van der Waals surface area contributed by atoms with Gasteiger partial charge in [-0.05, 0) is 43.5 Å². The Balaban J connectivity index is 1.38. The molecule has 0 bridgehead atoms. The van der Waals surface area contributed by atoms with Gasteiger partial charge in [-0.25, -0.2) is 4.98 Å². The molecule has 1 saturated heterocycles. The Morgan fingerprint density at radius 1 is 1.41 bits per heavy atom. The molecular formula is C20H23N3O3S. The number of fused-ring (bicyclic) bond motifs is 1. The van der Waals surface area contributed by atoms with E-state index in [-0.39, 0.29) is 12.0 Å². The van der Waals surface area contributed by atoms with Gasteiger partial charge in [0.05, 0.1) is 18.9 Å². The van der Waals surface area contributed by atoms with Gasteiger partial charge in [0, 0.05) is 42.4 Å². The number of benzene rings is 1. The molecule has 27 heavy (non-hydrogen) atoms. The van der Waals surface area contributed by atoms with Crippen molar-refractivity contribution in [1.82, 2.24) is 14.7 Å². The van der Waals surface area contributed by atoms with Crippen molar-refractivity contribution in [1.29, 1.82) is 0 Å². The van der Waals surface area contributed by atoms with E-state index in [0.717, 1.165) is 47.1 Å². The number of methoxy groups -OCH3 is 1. The molecule has 7 heteroatoms. The van der Waals surface area contributed by atoms with Gasteiger partial charge in [0.15, 0.2) is 4.96 Å². The number of aromatic nitrogens is 2. The summed E-state index contributed by atoms with van der Waals surface area (Å²) in [5, 5.41) is 5.06. The van der Waals surface area contributed by atoms with Crippen molar-refractivity contribution in [3.8, 4) is 17.0 Å². The summed E-state index contributed by atoms with van der Waals surface area (Å²) in [5.74, 6) is 0.898. The summed E-state index contributed by atoms with van der Waals surface area (Å²) in [6, 6.07) is 7.87. The van der Waals surface area contributed by atoms with Crippen LogP contribution in [0.3, 0.4) is 0 Å². The first-order valence-corrected chi connectivity index (χ1v) is 10.1. The van der Waals surface area contributed by atoms with Gasteiger partial charge in [0.25, 0.3) is 0 Å². The third kappa shape index (κ3) is 4.14. The molecule has 0 radical (unpaired) electrons. The van der Waals surface area contributed by atoms with E-state index in [9.17, 15) is 4.79 Å². The molecule has 2 aromatic heterocycles. The Labute approximate surface area is 162 Å². The number of ether oxygens (including phenoxy) is 2. The summed E-state index contributed by atoms with van der Waals surface area (Å²) in [7, 11) is 1.66. The quantitative estimate of drug-likeness (QED) is 0.678. The predicted molar refractivity (Wildman–Crippen MR) is 105 cm³/mol. The zero-order chi connectivity index (χ0) is 18.6. The van der Waals surface area contributed by atoms with Gasteiger partial charge < -0.3 is 14.8 Å². The number of hydrogen-bond acceptors (Lipinski definition) is 5. The van der Waals surface area contributed by atoms with Crippen LogP contribution in [0.5, 0.6) is 5.75 Å². The molecule has 1 amide bonds. The highest BCUT2D eigenvalue weighted by Gasteiger charge is 2.16. The number of thiazole rings is 1. The fourth-order valence-electron chi connectivity index (χ4n) is 3.27. The first-order chi connectivity index (χ1) is 13.2. The normalized spacial score (nSPS) is 16.7. The number of nitrogens with one attached hydrogen (secondary N) is 1. The molecule has 0 spiro atoms. The molecule has 6 nitrogen and oxygen atoms in total. The van der Waals surface area contributed by atoms with Crippen molar-refractivity contribution >= 4 is 22.2 Å². The Morgan fingerprint density at radius 3 is 3.00 bits per heavy atom. The van der Waals surface area contributed by atoms with Gasteiger partial charge in [-0.3, -0.25) is 9.20 Å². The smallest absolute Gasteiger partial charge is 0.220 e. The van der Waals surface area contributed by atoms with Crippen molar-refractivity contribution in [3.05, 3.63) is 41.5 Å². The Morgan fingerprint density at radius 2 is 2.26 bits per heavy atom. The molecule has 0 saturated carbocycles. The second-order valence-electron chi connectivity index (χ2n) is 6.67. The molecule has 4 rings (SSSR count). The maximum atomic E-state index is 12.1. The lowest BCUT2D eigenvalue weighted by atomic mass is 10.1. The number of imidazole rings is 1. The molecule has 1 unspecified atom stereocenters. The van der Waals surface area contributed by atoms with Crippen molar-refractivity contribution in [3.63, 3.8) is 0 Å². The van der Waals surface area contributed by atoms with E-state index in [1.54, 1.807) is 18.4 Å². The number of amides is 1. The monoisotopic (exact) mass is 385 g/mol. The van der Waals surface area contributed by atoms with E-state index in [2.05, 4.69) is 15.1 Å². The molecule has 1 aliphatic heterocycles. The predicted octanol–water partition coefficient (Wildman–Crippen LogP) is 3.30. The summed E-state index contributed by atoms with van der Waals surface area (Å²) in [6.07, 6.45) is 5.50. The van der Waals surface area contributed by atoms with Crippen LogP contribution >= 0.6 is 11.3 Å². The van der Waals surface area contributed by atoms with Crippen LogP contribution in [-0.2, 0) is 16.0 Å². The topological polar surface area (TPSA) is 64.9 Å². The molecule has 3 aromatic rings. The number of nitrogens with zero attached hydrogens (tertiary/aromatic N) is 2. The molecular weight excluding hydrogens is 362 g/mol. The Kier molecular flexibility index (Phi) is 5.40. The molecule has 142 valence electrons. The molecule has 1 N–H and O–H groups in total. The van der Waals surface area contributed by atoms with Crippen LogP contribution in [0.2, 0.25) is 0 Å². The molecule has 0 aliphatic carbocycles. The number of hydrogen-bond donors (Lipinski definition) is 1. The van der Waals surface area contributed by atoms with Crippen LogP contribution in [0.15, 0.2) is 35.8 Å². The number of carbonyl (C=O) groups excluding carboxylic acids is 1. The highest BCUT2D eigenvalue weighted by molar-refractivity contribution is 7.15. The second kappa shape index (κ2) is 8.10. The maximum absolute atomic E-state index is 12.1. The van der Waals surface area contributed by atoms with Crippen LogP contribution in [-0.4, -0.2) is 41.7 Å². The highest BCUT2D eigenvalue weighted by Crippen LogP contribution is 2.25. The van der Waals surface area contributed by atoms with Gasteiger partial charge in [-0.15, -0.1) is 11.3 Å². The number of aryl methyl sites for hydroxylation is 1. The van der Waals surface area contributed by atoms with Crippen molar-refractivity contribution in [2.75, 3.05) is 20.3 Å². The average molecular weight is 385 g/mol. The van der Waals surface area contributed by atoms with Gasteiger partial charge in [0.1, 0.15) is 5.75 Å². The Hall–Kier alpha value is -2.38. The van der Waals surface area contributed by atoms with Gasteiger partial charge >= 0.3 is 0 Å². The second-order valence-corrected chi connectivity index (χ2v) is 7.51. The lowest BCUT2D eigenvalue weighted by molar-refractivity contribution is -0.121. The Bertz CT molecular complexity index is 910. The molecule has 1 aliphatic rings. The first-order valence-electron chi connectivity index (χ1n) is 9.21. The molecule has 1 atom stereocenters. The zero-order valence-electron chi connectivity index (χ0n) is 15.3. The van der Waals surface area contributed by atoms with E-state index in [1.807, 2.05) is 30.5 Å². The van der Waals surface area contributed by atoms with Gasteiger partial charge in [-0.2, -0.15) is 0 Å². The zero-order valence-corrected chi connectivity index (χ0v) is 16.1. The van der Waals surface area contributed by atoms with E-state index in [0.29, 0.717) is 19.4 Å². The SMILES string of the molecule is COc1ccc(-c2cn3c(CCC(=O)NCC4CCCO4)csc3n2)cc1. The minimum absolute atomic E-state index is 0.0698. The van der Waals surface area contributed by atoms with Crippen molar-refractivity contribution in [2.24, 2.45) is 0 Å². The number of rotatable bonds is 7. The third-order valence-electron chi connectivity index (χ3n) is 4.83. The van der Waals surface area contributed by atoms with E-state index >= 15 is 0 Å². The minimum atomic E-state index is 0.0698. The number of carbonyl (C=O) groups is 1. The highest BCUT2D eigenvalue weighted by atomic mass is 32.1. The fourth-order valence-corrected chi connectivity index (χ4v) is 4.18. The molecule has 1 fully saturated rings. The standard InChI is InChI=1S/C20H23N3O3S/c1-25-16-7-4-14(5-8-16)18-12-23-15(13-27-20(23)22-18)6-9-19(24)21-11-17-3-2-10-26-17/h4-5,7-8,12-13,17H,2-3,6,9-11H2,1H3,(H,21,24). The third-order valence-corrected chi connectivity index (χ3v) is 5.72. The minimum Gasteiger partial charge on any atom is -0.497 e. The van der Waals surface area contributed by atoms with Crippen molar-refractivity contribution in [2.45, 2.75) is 31.8 Å². The summed E-state index contributed by atoms with van der Waals surface area (Å²) >= 11 is 1.60. The van der Waals surface area contributed by atoms with E-state index in [4.69, 9.17) is 14.5 Å². The van der Waals surface area contributed by atoms with Crippen LogP contribution in [0.4, 0.5) is 0 Å². The maximum Gasteiger partial charge on any atom is 0.220 e. The van der Waals surface area contributed by atoms with Crippen LogP contribution < -0.4 is 10.1 Å². The van der Waals surface area contributed by atoms with E-state index < -0.39 is 0 Å². The van der Waals surface area contributed by atoms with Gasteiger partial charge in [-0.1, -0.05) is 0 Å². The van der Waals surface area contributed by atoms with Crippen LogP contribution in [0, 0.1) is 0 Å². The average Bonchev–Trinajstić information content (AvgIpc) is 3.42. The first kappa shape index (κ1) is 18.0. The van der Waals surface area contributed by atoms with Crippen LogP contribution in [0.25, 0.3) is 16.2 Å². The lowest BCUT2D eigenvalue weighted by Gasteiger charge is -2.10. The summed E-state index contributed by atoms with van der Waals surface area (Å²) in [6.45, 7) is 1.43. The molecule has 1 aromatic carbocycles. The van der Waals surface area contributed by atoms with Crippen molar-refractivity contribution < 1.29 is 14.3 Å². The summed E-state index contributed by atoms with van der Waals surface area (Å²) in [4.78, 5) is 17.8. The lowest BCUT2D eigenvalue weighted by Crippen LogP contribution is -2.31. The fraction of sp³-hybridized carbons (Fsp3) is 0.400. The summed E-state index contributed by atoms with van der Waals surface area (Å²) in [5.41, 5.74) is 3.08. The summed E-state index contributed by atoms with van der Waals surface area (Å²) < 4.78 is 12.8. The van der Waals surface area contributed by atoms with E-state index in [1.165, 1.54) is 0 Å². The molecule has 3 heterocycles. The largest absolute Gasteiger partial charge is 0.497 e.